The molecule has 4 nitrogen and oxygen atoms in total. The zero-order chi connectivity index (χ0) is 9.26. The molecule has 2 heterocycles. The monoisotopic (exact) mass is 214 g/mol. The van der Waals surface area contributed by atoms with E-state index in [0.717, 1.165) is 11.5 Å². The Labute approximate surface area is 82.0 Å². The molecule has 0 fully saturated rings. The van der Waals surface area contributed by atoms with Crippen LogP contribution in [-0.4, -0.2) is 9.36 Å². The van der Waals surface area contributed by atoms with Crippen molar-refractivity contribution < 1.29 is 4.42 Å². The summed E-state index contributed by atoms with van der Waals surface area (Å²) < 4.78 is 8.52. The molecule has 0 radical (unpaired) electrons. The first-order chi connectivity index (χ1) is 6.25. The van der Waals surface area contributed by atoms with Crippen LogP contribution < -0.4 is 4.94 Å². The van der Waals surface area contributed by atoms with E-state index in [1.165, 1.54) is 6.20 Å². The largest absolute Gasteiger partial charge is 0.414 e. The normalized spacial score (nSPS) is 10.2. The van der Waals surface area contributed by atoms with Gasteiger partial charge in [0.05, 0.1) is 11.5 Å². The van der Waals surface area contributed by atoms with Crippen molar-refractivity contribution in [2.45, 2.75) is 0 Å². The summed E-state index contributed by atoms with van der Waals surface area (Å²) in [7, 11) is 0. The van der Waals surface area contributed by atoms with Crippen molar-refractivity contribution in [3.8, 4) is 11.6 Å². The van der Waals surface area contributed by atoms with Gasteiger partial charge in [0.15, 0.2) is 0 Å². The molecule has 0 amide bonds. The maximum atomic E-state index is 10.7. The van der Waals surface area contributed by atoms with E-state index >= 15 is 0 Å². The van der Waals surface area contributed by atoms with Crippen molar-refractivity contribution in [3.63, 3.8) is 0 Å². The molecule has 2 aromatic heterocycles. The molecule has 0 aliphatic heterocycles. The van der Waals surface area contributed by atoms with Gasteiger partial charge in [-0.05, 0) is 12.1 Å². The summed E-state index contributed by atoms with van der Waals surface area (Å²) in [6.07, 6.45) is 1.52. The molecule has 0 saturated carbocycles. The van der Waals surface area contributed by atoms with Crippen LogP contribution in [0.5, 0.6) is 0 Å². The van der Waals surface area contributed by atoms with E-state index < -0.39 is 4.94 Å². The second kappa shape index (κ2) is 3.27. The van der Waals surface area contributed by atoms with Crippen LogP contribution in [0.4, 0.5) is 0 Å². The van der Waals surface area contributed by atoms with Crippen LogP contribution >= 0.6 is 23.1 Å². The maximum absolute atomic E-state index is 10.7. The number of nitrogens with zero attached hydrogens (tertiary/aromatic N) is 2. The van der Waals surface area contributed by atoms with Crippen molar-refractivity contribution in [2.75, 3.05) is 0 Å². The van der Waals surface area contributed by atoms with Gasteiger partial charge >= 0.3 is 4.94 Å². The molecule has 0 aliphatic rings. The van der Waals surface area contributed by atoms with Gasteiger partial charge in [0.1, 0.15) is 5.69 Å². The van der Waals surface area contributed by atoms with Crippen LogP contribution in [0.2, 0.25) is 5.02 Å². The van der Waals surface area contributed by atoms with Crippen LogP contribution in [0.1, 0.15) is 0 Å². The molecular weight excluding hydrogens is 212 g/mol. The molecular formula is C7H3ClN2O2S. The lowest BCUT2D eigenvalue weighted by Crippen LogP contribution is -1.84. The Balaban J connectivity index is 2.52. The number of hydrogen-bond donors (Lipinski definition) is 0. The first-order valence-corrected chi connectivity index (χ1v) is 4.49. The highest BCUT2D eigenvalue weighted by atomic mass is 35.5. The Morgan fingerprint density at radius 2 is 2.38 bits per heavy atom. The van der Waals surface area contributed by atoms with Crippen molar-refractivity contribution in [2.24, 2.45) is 0 Å². The first kappa shape index (κ1) is 8.40. The first-order valence-electron chi connectivity index (χ1n) is 3.34. The SMILES string of the molecule is O=c1oc(-c2cc(Cl)ccn2)ns1. The zero-order valence-electron chi connectivity index (χ0n) is 6.23. The van der Waals surface area contributed by atoms with Crippen LogP contribution in [0, 0.1) is 0 Å². The highest BCUT2D eigenvalue weighted by molar-refractivity contribution is 7.02. The smallest absolute Gasteiger partial charge is 0.392 e. The molecule has 2 rings (SSSR count). The minimum absolute atomic E-state index is 0.206. The summed E-state index contributed by atoms with van der Waals surface area (Å²) in [6.45, 7) is 0. The molecule has 0 unspecified atom stereocenters. The zero-order valence-corrected chi connectivity index (χ0v) is 7.80. The van der Waals surface area contributed by atoms with E-state index in [1.807, 2.05) is 0 Å². The molecule has 66 valence electrons. The molecule has 0 aromatic carbocycles. The number of aromatic nitrogens is 2. The van der Waals surface area contributed by atoms with E-state index in [9.17, 15) is 4.79 Å². The van der Waals surface area contributed by atoms with Gasteiger partial charge in [-0.3, -0.25) is 4.98 Å². The number of rotatable bonds is 1. The lowest BCUT2D eigenvalue weighted by Gasteiger charge is -1.92. The lowest BCUT2D eigenvalue weighted by atomic mass is 10.3. The van der Waals surface area contributed by atoms with Crippen LogP contribution in [-0.2, 0) is 0 Å². The third kappa shape index (κ3) is 1.76. The van der Waals surface area contributed by atoms with Crippen molar-refractivity contribution in [1.82, 2.24) is 9.36 Å². The van der Waals surface area contributed by atoms with Crippen LogP contribution in [0.15, 0.2) is 27.5 Å². The Morgan fingerprint density at radius 3 is 3.00 bits per heavy atom. The molecule has 2 aromatic rings. The second-order valence-corrected chi connectivity index (χ2v) is 3.33. The van der Waals surface area contributed by atoms with E-state index in [0.29, 0.717) is 10.7 Å². The molecule has 0 bridgehead atoms. The fourth-order valence-corrected chi connectivity index (χ4v) is 1.38. The van der Waals surface area contributed by atoms with Gasteiger partial charge in [-0.15, -0.1) is 4.37 Å². The Hall–Kier alpha value is -1.20. The predicted molar refractivity (Wildman–Crippen MR) is 48.9 cm³/mol. The fourth-order valence-electron chi connectivity index (χ4n) is 0.816. The van der Waals surface area contributed by atoms with E-state index in [-0.39, 0.29) is 5.89 Å². The molecule has 0 spiro atoms. The van der Waals surface area contributed by atoms with Crippen LogP contribution in [0.25, 0.3) is 11.6 Å². The predicted octanol–water partition coefficient (Wildman–Crippen LogP) is 1.81. The second-order valence-electron chi connectivity index (χ2n) is 2.20. The summed E-state index contributed by atoms with van der Waals surface area (Å²) in [5.74, 6) is 0.206. The summed E-state index contributed by atoms with van der Waals surface area (Å²) in [6, 6.07) is 3.22. The summed E-state index contributed by atoms with van der Waals surface area (Å²) in [5, 5.41) is 0.528. The van der Waals surface area contributed by atoms with Gasteiger partial charge in [-0.25, -0.2) is 4.79 Å². The van der Waals surface area contributed by atoms with Gasteiger partial charge in [-0.1, -0.05) is 11.6 Å². The van der Waals surface area contributed by atoms with Crippen LogP contribution in [0.3, 0.4) is 0 Å². The summed E-state index contributed by atoms with van der Waals surface area (Å²) in [5.41, 5.74) is 0.464. The van der Waals surface area contributed by atoms with Gasteiger partial charge in [0, 0.05) is 11.2 Å². The van der Waals surface area contributed by atoms with E-state index in [2.05, 4.69) is 9.36 Å². The highest BCUT2D eigenvalue weighted by Crippen LogP contribution is 2.17. The van der Waals surface area contributed by atoms with Gasteiger partial charge < -0.3 is 4.42 Å². The number of halogens is 1. The lowest BCUT2D eigenvalue weighted by molar-refractivity contribution is 0.541. The molecule has 0 saturated heterocycles. The fraction of sp³-hybridized carbons (Fsp3) is 0. The molecule has 0 atom stereocenters. The Bertz CT molecular complexity index is 479. The van der Waals surface area contributed by atoms with Gasteiger partial charge in [0.2, 0.25) is 0 Å². The average Bonchev–Trinajstić information content (AvgIpc) is 2.52. The highest BCUT2D eigenvalue weighted by Gasteiger charge is 2.06. The average molecular weight is 215 g/mol. The van der Waals surface area contributed by atoms with Gasteiger partial charge in [0.25, 0.3) is 5.89 Å². The summed E-state index contributed by atoms with van der Waals surface area (Å²) in [4.78, 5) is 14.2. The Kier molecular flexibility index (Phi) is 2.12. The Morgan fingerprint density at radius 1 is 1.54 bits per heavy atom. The third-order valence-corrected chi connectivity index (χ3v) is 2.05. The maximum Gasteiger partial charge on any atom is 0.414 e. The molecule has 0 N–H and O–H groups in total. The molecule has 13 heavy (non-hydrogen) atoms. The molecule has 6 heteroatoms. The topological polar surface area (TPSA) is 56.0 Å². The van der Waals surface area contributed by atoms with Crippen molar-refractivity contribution in [1.29, 1.82) is 0 Å². The van der Waals surface area contributed by atoms with Gasteiger partial charge in [-0.2, -0.15) is 0 Å². The number of hydrogen-bond acceptors (Lipinski definition) is 5. The minimum atomic E-state index is -0.447. The minimum Gasteiger partial charge on any atom is -0.392 e. The quantitative estimate of drug-likeness (QED) is 0.727. The molecule has 0 aliphatic carbocycles. The standard InChI is InChI=1S/C7H3ClN2O2S/c8-4-1-2-9-5(3-4)6-10-13-7(11)12-6/h1-3H. The van der Waals surface area contributed by atoms with Crippen molar-refractivity contribution >= 4 is 23.1 Å². The van der Waals surface area contributed by atoms with E-state index in [4.69, 9.17) is 16.0 Å². The van der Waals surface area contributed by atoms with Crippen molar-refractivity contribution in [3.05, 3.63) is 33.1 Å². The summed E-state index contributed by atoms with van der Waals surface area (Å²) >= 11 is 6.47. The van der Waals surface area contributed by atoms with E-state index in [1.54, 1.807) is 12.1 Å². The number of pyridine rings is 1. The third-order valence-electron chi connectivity index (χ3n) is 1.32.